The van der Waals surface area contributed by atoms with Crippen LogP contribution in [0.1, 0.15) is 19.8 Å². The van der Waals surface area contributed by atoms with E-state index < -0.39 is 10.0 Å². The fourth-order valence-corrected chi connectivity index (χ4v) is 3.31. The number of hydrogen-bond donors (Lipinski definition) is 2. The Morgan fingerprint density at radius 1 is 1.42 bits per heavy atom. The molecule has 2 N–H and O–H groups in total. The minimum Gasteiger partial charge on any atom is -0.378 e. The van der Waals surface area contributed by atoms with Crippen molar-refractivity contribution in [3.63, 3.8) is 0 Å². The van der Waals surface area contributed by atoms with Crippen molar-refractivity contribution >= 4 is 15.8 Å². The molecule has 1 aromatic heterocycles. The summed E-state index contributed by atoms with van der Waals surface area (Å²) < 4.78 is 32.5. The van der Waals surface area contributed by atoms with Gasteiger partial charge in [0.1, 0.15) is 10.7 Å². The lowest BCUT2D eigenvalue weighted by Gasteiger charge is -2.27. The molecule has 6 nitrogen and oxygen atoms in total. The van der Waals surface area contributed by atoms with Crippen LogP contribution in [0.3, 0.4) is 0 Å². The molecule has 2 rings (SSSR count). The predicted octanol–water partition coefficient (Wildman–Crippen LogP) is 0.969. The molecule has 0 spiro atoms. The average molecular weight is 285 g/mol. The Morgan fingerprint density at radius 3 is 2.79 bits per heavy atom. The van der Waals surface area contributed by atoms with Crippen LogP contribution in [0, 0.1) is 0 Å². The van der Waals surface area contributed by atoms with Gasteiger partial charge < -0.3 is 10.1 Å². The summed E-state index contributed by atoms with van der Waals surface area (Å²) in [4.78, 5) is 4.20. The molecule has 2 unspecified atom stereocenters. The molecule has 1 aliphatic rings. The molecule has 7 heteroatoms. The third kappa shape index (κ3) is 3.65. The molecule has 2 heterocycles. The second-order valence-corrected chi connectivity index (χ2v) is 6.37. The Balaban J connectivity index is 2.08. The Hall–Kier alpha value is -1.18. The van der Waals surface area contributed by atoms with Gasteiger partial charge in [0.05, 0.1) is 6.10 Å². The molecule has 1 fully saturated rings. The van der Waals surface area contributed by atoms with Gasteiger partial charge in [-0.25, -0.2) is 18.1 Å². The maximum Gasteiger partial charge on any atom is 0.242 e. The second kappa shape index (κ2) is 5.85. The number of sulfonamides is 1. The van der Waals surface area contributed by atoms with Gasteiger partial charge in [-0.3, -0.25) is 0 Å². The zero-order valence-electron chi connectivity index (χ0n) is 11.1. The van der Waals surface area contributed by atoms with E-state index in [-0.39, 0.29) is 17.0 Å². The summed E-state index contributed by atoms with van der Waals surface area (Å²) in [7, 11) is -1.77. The highest BCUT2D eigenvalue weighted by Gasteiger charge is 2.25. The second-order valence-electron chi connectivity index (χ2n) is 4.65. The Morgan fingerprint density at radius 2 is 2.21 bits per heavy atom. The summed E-state index contributed by atoms with van der Waals surface area (Å²) in [6, 6.07) is 3.11. The molecule has 2 atom stereocenters. The monoisotopic (exact) mass is 285 g/mol. The number of ether oxygens (including phenoxy) is 1. The van der Waals surface area contributed by atoms with E-state index in [4.69, 9.17) is 4.74 Å². The van der Waals surface area contributed by atoms with Crippen molar-refractivity contribution in [2.24, 2.45) is 0 Å². The van der Waals surface area contributed by atoms with Crippen molar-refractivity contribution in [2.45, 2.75) is 36.8 Å². The van der Waals surface area contributed by atoms with Gasteiger partial charge in [-0.15, -0.1) is 0 Å². The van der Waals surface area contributed by atoms with Crippen LogP contribution in [-0.4, -0.2) is 39.2 Å². The van der Waals surface area contributed by atoms with Crippen LogP contribution >= 0.6 is 0 Å². The molecular formula is C12H19N3O3S. The molecule has 106 valence electrons. The van der Waals surface area contributed by atoms with E-state index in [1.165, 1.54) is 6.20 Å². The first-order chi connectivity index (χ1) is 9.01. The summed E-state index contributed by atoms with van der Waals surface area (Å²) in [5.41, 5.74) is 0. The molecule has 1 aromatic rings. The van der Waals surface area contributed by atoms with E-state index in [0.29, 0.717) is 25.3 Å². The summed E-state index contributed by atoms with van der Waals surface area (Å²) in [5.74, 6) is 0.638. The van der Waals surface area contributed by atoms with Gasteiger partial charge >= 0.3 is 0 Å². The van der Waals surface area contributed by atoms with Crippen LogP contribution in [0.25, 0.3) is 0 Å². The van der Waals surface area contributed by atoms with Crippen molar-refractivity contribution in [3.05, 3.63) is 18.3 Å². The summed E-state index contributed by atoms with van der Waals surface area (Å²) in [6.07, 6.45) is 2.84. The molecule has 0 bridgehead atoms. The molecular weight excluding hydrogens is 266 g/mol. The van der Waals surface area contributed by atoms with Gasteiger partial charge in [-0.05, 0) is 31.9 Å². The van der Waals surface area contributed by atoms with Crippen LogP contribution in [0.4, 0.5) is 5.82 Å². The lowest BCUT2D eigenvalue weighted by molar-refractivity contribution is 0.0173. The van der Waals surface area contributed by atoms with E-state index in [1.54, 1.807) is 19.2 Å². The summed E-state index contributed by atoms with van der Waals surface area (Å²) in [5, 5.41) is 2.85. The van der Waals surface area contributed by atoms with Gasteiger partial charge in [-0.2, -0.15) is 0 Å². The normalized spacial score (nSPS) is 24.1. The van der Waals surface area contributed by atoms with E-state index >= 15 is 0 Å². The lowest BCUT2D eigenvalue weighted by atomic mass is 10.1. The van der Waals surface area contributed by atoms with Crippen molar-refractivity contribution in [1.29, 1.82) is 0 Å². The van der Waals surface area contributed by atoms with Crippen LogP contribution in [0.2, 0.25) is 0 Å². The van der Waals surface area contributed by atoms with Crippen molar-refractivity contribution in [3.8, 4) is 0 Å². The first kappa shape index (κ1) is 14.2. The van der Waals surface area contributed by atoms with Crippen molar-refractivity contribution < 1.29 is 13.2 Å². The topological polar surface area (TPSA) is 80.3 Å². The first-order valence-electron chi connectivity index (χ1n) is 6.29. The number of hydrogen-bond acceptors (Lipinski definition) is 5. The number of nitrogens with zero attached hydrogens (tertiary/aromatic N) is 1. The van der Waals surface area contributed by atoms with E-state index in [9.17, 15) is 8.42 Å². The largest absolute Gasteiger partial charge is 0.378 e. The van der Waals surface area contributed by atoms with Crippen LogP contribution in [0.15, 0.2) is 23.2 Å². The fraction of sp³-hybridized carbons (Fsp3) is 0.583. The molecule has 19 heavy (non-hydrogen) atoms. The number of rotatable bonds is 4. The molecule has 1 saturated heterocycles. The minimum absolute atomic E-state index is 0.0715. The van der Waals surface area contributed by atoms with Crippen molar-refractivity contribution in [1.82, 2.24) is 9.71 Å². The first-order valence-corrected chi connectivity index (χ1v) is 7.77. The van der Waals surface area contributed by atoms with Gasteiger partial charge in [0.15, 0.2) is 0 Å². The number of pyridine rings is 1. The molecule has 0 amide bonds. The van der Waals surface area contributed by atoms with Crippen LogP contribution in [0.5, 0.6) is 0 Å². The van der Waals surface area contributed by atoms with Gasteiger partial charge in [0.2, 0.25) is 10.0 Å². The Labute approximate surface area is 113 Å². The van der Waals surface area contributed by atoms with Gasteiger partial charge in [0.25, 0.3) is 0 Å². The Kier molecular flexibility index (Phi) is 4.38. The molecule has 0 aromatic carbocycles. The highest BCUT2D eigenvalue weighted by molar-refractivity contribution is 7.89. The predicted molar refractivity (Wildman–Crippen MR) is 72.5 cm³/mol. The maximum absolute atomic E-state index is 12.2. The lowest BCUT2D eigenvalue weighted by Crippen LogP contribution is -2.41. The maximum atomic E-state index is 12.2. The van der Waals surface area contributed by atoms with Crippen molar-refractivity contribution in [2.75, 3.05) is 19.0 Å². The average Bonchev–Trinajstić information content (AvgIpc) is 2.38. The molecule has 0 saturated carbocycles. The summed E-state index contributed by atoms with van der Waals surface area (Å²) in [6.45, 7) is 2.54. The highest BCUT2D eigenvalue weighted by atomic mass is 32.2. The third-order valence-corrected chi connectivity index (χ3v) is 4.62. The number of aromatic nitrogens is 1. The molecule has 0 radical (unpaired) electrons. The summed E-state index contributed by atoms with van der Waals surface area (Å²) >= 11 is 0. The fourth-order valence-electron chi connectivity index (χ4n) is 2.08. The zero-order chi connectivity index (χ0) is 13.9. The molecule has 0 aliphatic carbocycles. The van der Waals surface area contributed by atoms with Crippen LogP contribution in [-0.2, 0) is 14.8 Å². The van der Waals surface area contributed by atoms with E-state index in [1.807, 2.05) is 6.92 Å². The molecule has 1 aliphatic heterocycles. The standard InChI is InChI=1S/C12H19N3O3S/c1-9-7-10(5-6-18-9)15-19(16,17)11-3-4-12(13-2)14-8-11/h3-4,8-10,15H,5-7H2,1-2H3,(H,13,14). The van der Waals surface area contributed by atoms with E-state index in [2.05, 4.69) is 15.0 Å². The van der Waals surface area contributed by atoms with Gasteiger partial charge in [0, 0.05) is 25.9 Å². The quantitative estimate of drug-likeness (QED) is 0.861. The third-order valence-electron chi connectivity index (χ3n) is 3.11. The number of anilines is 1. The minimum atomic E-state index is -3.50. The highest BCUT2D eigenvalue weighted by Crippen LogP contribution is 2.17. The zero-order valence-corrected chi connectivity index (χ0v) is 11.9. The number of nitrogens with one attached hydrogen (secondary N) is 2. The SMILES string of the molecule is CNc1ccc(S(=O)(=O)NC2CCOC(C)C2)cn1. The van der Waals surface area contributed by atoms with E-state index in [0.717, 1.165) is 0 Å². The Bertz CT molecular complexity index is 516. The van der Waals surface area contributed by atoms with Gasteiger partial charge in [-0.1, -0.05) is 0 Å². The van der Waals surface area contributed by atoms with Crippen LogP contribution < -0.4 is 10.0 Å². The smallest absolute Gasteiger partial charge is 0.242 e.